The molecular weight excluding hydrogens is 232 g/mol. The molecule has 0 aromatic heterocycles. The lowest BCUT2D eigenvalue weighted by Crippen LogP contribution is -2.28. The van der Waals surface area contributed by atoms with Gasteiger partial charge in [0.15, 0.2) is 11.5 Å². The van der Waals surface area contributed by atoms with Crippen LogP contribution >= 0.6 is 0 Å². The Labute approximate surface area is 107 Å². The van der Waals surface area contributed by atoms with Crippen molar-refractivity contribution in [3.05, 3.63) is 23.8 Å². The lowest BCUT2D eigenvalue weighted by molar-refractivity contribution is -0.130. The van der Waals surface area contributed by atoms with E-state index in [2.05, 4.69) is 5.32 Å². The Balaban J connectivity index is 2.64. The number of hydrogen-bond donors (Lipinski definition) is 2. The molecule has 0 aliphatic carbocycles. The van der Waals surface area contributed by atoms with Crippen molar-refractivity contribution in [1.29, 1.82) is 0 Å². The number of rotatable bonds is 6. The van der Waals surface area contributed by atoms with Gasteiger partial charge in [0.1, 0.15) is 0 Å². The molecule has 0 heterocycles. The van der Waals surface area contributed by atoms with E-state index in [4.69, 9.17) is 4.74 Å². The zero-order valence-electron chi connectivity index (χ0n) is 11.1. The molecule has 2 N–H and O–H groups in total. The first kappa shape index (κ1) is 14.3. The molecule has 1 aromatic carbocycles. The number of amides is 1. The quantitative estimate of drug-likeness (QED) is 0.792. The zero-order chi connectivity index (χ0) is 13.5. The van der Waals surface area contributed by atoms with Crippen LogP contribution < -0.4 is 10.1 Å². The van der Waals surface area contributed by atoms with Crippen molar-refractivity contribution in [2.75, 3.05) is 27.7 Å². The number of aromatic hydroxyl groups is 1. The second-order valence-corrected chi connectivity index (χ2v) is 4.11. The molecule has 1 rings (SSSR count). The fourth-order valence-corrected chi connectivity index (χ4v) is 1.61. The average molecular weight is 252 g/mol. The van der Waals surface area contributed by atoms with Gasteiger partial charge in [0.2, 0.25) is 5.91 Å². The molecule has 5 heteroatoms. The number of nitrogens with zero attached hydrogens (tertiary/aromatic N) is 1. The second kappa shape index (κ2) is 6.86. The standard InChI is InChI=1S/C13H20N2O3/c1-14-7-6-13(17)15(2)9-10-4-5-11(16)12(8-10)18-3/h4-5,8,14,16H,6-7,9H2,1-3H3. The van der Waals surface area contributed by atoms with Crippen LogP contribution in [-0.4, -0.2) is 43.7 Å². The van der Waals surface area contributed by atoms with Crippen LogP contribution in [0.25, 0.3) is 0 Å². The predicted molar refractivity (Wildman–Crippen MR) is 69.7 cm³/mol. The van der Waals surface area contributed by atoms with Gasteiger partial charge in [-0.2, -0.15) is 0 Å². The van der Waals surface area contributed by atoms with E-state index in [9.17, 15) is 9.90 Å². The van der Waals surface area contributed by atoms with Crippen molar-refractivity contribution in [3.63, 3.8) is 0 Å². The van der Waals surface area contributed by atoms with E-state index < -0.39 is 0 Å². The summed E-state index contributed by atoms with van der Waals surface area (Å²) in [5.41, 5.74) is 0.921. The first-order chi connectivity index (χ1) is 8.58. The maximum atomic E-state index is 11.7. The molecule has 0 aliphatic heterocycles. The molecule has 100 valence electrons. The highest BCUT2D eigenvalue weighted by molar-refractivity contribution is 5.76. The summed E-state index contributed by atoms with van der Waals surface area (Å²) in [5.74, 6) is 0.602. The van der Waals surface area contributed by atoms with Crippen LogP contribution in [0.4, 0.5) is 0 Å². The highest BCUT2D eigenvalue weighted by Gasteiger charge is 2.10. The fourth-order valence-electron chi connectivity index (χ4n) is 1.61. The molecule has 0 spiro atoms. The van der Waals surface area contributed by atoms with Gasteiger partial charge in [0.25, 0.3) is 0 Å². The van der Waals surface area contributed by atoms with Gasteiger partial charge in [0.05, 0.1) is 7.11 Å². The van der Waals surface area contributed by atoms with Gasteiger partial charge in [-0.1, -0.05) is 6.07 Å². The summed E-state index contributed by atoms with van der Waals surface area (Å²) in [6.45, 7) is 1.17. The third-order valence-electron chi connectivity index (χ3n) is 2.68. The molecule has 1 aromatic rings. The number of carbonyl (C=O) groups is 1. The minimum Gasteiger partial charge on any atom is -0.504 e. The number of benzene rings is 1. The summed E-state index contributed by atoms with van der Waals surface area (Å²) < 4.78 is 5.03. The minimum atomic E-state index is 0.0800. The van der Waals surface area contributed by atoms with E-state index in [1.807, 2.05) is 7.05 Å². The number of methoxy groups -OCH3 is 1. The van der Waals surface area contributed by atoms with E-state index >= 15 is 0 Å². The van der Waals surface area contributed by atoms with Crippen molar-refractivity contribution in [1.82, 2.24) is 10.2 Å². The summed E-state index contributed by atoms with van der Waals surface area (Å²) in [5, 5.41) is 12.4. The Hall–Kier alpha value is -1.75. The smallest absolute Gasteiger partial charge is 0.223 e. The van der Waals surface area contributed by atoms with Crippen LogP contribution in [0, 0.1) is 0 Å². The number of carbonyl (C=O) groups excluding carboxylic acids is 1. The Bertz CT molecular complexity index is 407. The highest BCUT2D eigenvalue weighted by Crippen LogP contribution is 2.26. The molecule has 5 nitrogen and oxygen atoms in total. The molecule has 0 saturated heterocycles. The Morgan fingerprint density at radius 2 is 2.22 bits per heavy atom. The van der Waals surface area contributed by atoms with Gasteiger partial charge in [-0.3, -0.25) is 4.79 Å². The van der Waals surface area contributed by atoms with Crippen LogP contribution in [0.3, 0.4) is 0 Å². The van der Waals surface area contributed by atoms with Gasteiger partial charge in [-0.15, -0.1) is 0 Å². The monoisotopic (exact) mass is 252 g/mol. The van der Waals surface area contributed by atoms with Crippen molar-refractivity contribution in [2.45, 2.75) is 13.0 Å². The molecular formula is C13H20N2O3. The van der Waals surface area contributed by atoms with Gasteiger partial charge in [-0.05, 0) is 24.7 Å². The number of phenolic OH excluding ortho intramolecular Hbond substituents is 1. The van der Waals surface area contributed by atoms with E-state index in [0.29, 0.717) is 25.3 Å². The SMILES string of the molecule is CNCCC(=O)N(C)Cc1ccc(O)c(OC)c1. The van der Waals surface area contributed by atoms with Crippen molar-refractivity contribution in [3.8, 4) is 11.5 Å². The normalized spacial score (nSPS) is 10.2. The first-order valence-corrected chi connectivity index (χ1v) is 5.83. The van der Waals surface area contributed by atoms with E-state index in [0.717, 1.165) is 5.56 Å². The van der Waals surface area contributed by atoms with Crippen molar-refractivity contribution in [2.24, 2.45) is 0 Å². The number of hydrogen-bond acceptors (Lipinski definition) is 4. The molecule has 0 saturated carbocycles. The predicted octanol–water partition coefficient (Wildman–Crippen LogP) is 0.969. The molecule has 0 fully saturated rings. The molecule has 0 bridgehead atoms. The first-order valence-electron chi connectivity index (χ1n) is 5.83. The molecule has 0 aliphatic rings. The van der Waals surface area contributed by atoms with Gasteiger partial charge in [-0.25, -0.2) is 0 Å². The summed E-state index contributed by atoms with van der Waals surface area (Å²) in [7, 11) is 5.08. The summed E-state index contributed by atoms with van der Waals surface area (Å²) in [6.07, 6.45) is 0.474. The summed E-state index contributed by atoms with van der Waals surface area (Å²) >= 11 is 0. The molecule has 0 atom stereocenters. The fraction of sp³-hybridized carbons (Fsp3) is 0.462. The number of ether oxygens (including phenoxy) is 1. The Morgan fingerprint density at radius 1 is 1.50 bits per heavy atom. The van der Waals surface area contributed by atoms with Gasteiger partial charge < -0.3 is 20.1 Å². The topological polar surface area (TPSA) is 61.8 Å². The molecule has 0 radical (unpaired) electrons. The third kappa shape index (κ3) is 3.92. The minimum absolute atomic E-state index is 0.0800. The van der Waals surface area contributed by atoms with Crippen LogP contribution in [0.5, 0.6) is 11.5 Å². The zero-order valence-corrected chi connectivity index (χ0v) is 11.1. The lowest BCUT2D eigenvalue weighted by atomic mass is 10.2. The highest BCUT2D eigenvalue weighted by atomic mass is 16.5. The average Bonchev–Trinajstić information content (AvgIpc) is 2.37. The van der Waals surface area contributed by atoms with Crippen LogP contribution in [0.1, 0.15) is 12.0 Å². The maximum Gasteiger partial charge on any atom is 0.223 e. The number of phenols is 1. The van der Waals surface area contributed by atoms with Crippen LogP contribution in [0.15, 0.2) is 18.2 Å². The van der Waals surface area contributed by atoms with Gasteiger partial charge in [0, 0.05) is 26.6 Å². The van der Waals surface area contributed by atoms with E-state index in [1.54, 1.807) is 30.1 Å². The van der Waals surface area contributed by atoms with Crippen molar-refractivity contribution >= 4 is 5.91 Å². The lowest BCUT2D eigenvalue weighted by Gasteiger charge is -2.17. The molecule has 1 amide bonds. The summed E-state index contributed by atoms with van der Waals surface area (Å²) in [6, 6.07) is 5.08. The van der Waals surface area contributed by atoms with Crippen molar-refractivity contribution < 1.29 is 14.6 Å². The Kier molecular flexibility index (Phi) is 5.45. The Morgan fingerprint density at radius 3 is 2.83 bits per heavy atom. The second-order valence-electron chi connectivity index (χ2n) is 4.11. The van der Waals surface area contributed by atoms with Gasteiger partial charge >= 0.3 is 0 Å². The molecule has 18 heavy (non-hydrogen) atoms. The number of nitrogens with one attached hydrogen (secondary N) is 1. The summed E-state index contributed by atoms with van der Waals surface area (Å²) in [4.78, 5) is 13.4. The third-order valence-corrected chi connectivity index (χ3v) is 2.68. The van der Waals surface area contributed by atoms with E-state index in [-0.39, 0.29) is 11.7 Å². The largest absolute Gasteiger partial charge is 0.504 e. The van der Waals surface area contributed by atoms with Crippen LogP contribution in [-0.2, 0) is 11.3 Å². The van der Waals surface area contributed by atoms with Crippen LogP contribution in [0.2, 0.25) is 0 Å². The molecule has 0 unspecified atom stereocenters. The maximum absolute atomic E-state index is 11.7. The van der Waals surface area contributed by atoms with E-state index in [1.165, 1.54) is 7.11 Å².